The van der Waals surface area contributed by atoms with Crippen molar-refractivity contribution in [2.24, 2.45) is 5.41 Å². The van der Waals surface area contributed by atoms with Crippen LogP contribution in [0.3, 0.4) is 0 Å². The van der Waals surface area contributed by atoms with Crippen molar-refractivity contribution in [3.8, 4) is 5.75 Å². The first-order valence-electron chi connectivity index (χ1n) is 10.1. The Bertz CT molecular complexity index is 1050. The molecular weight excluding hydrogens is 426 g/mol. The number of nitrogens with zero attached hydrogens (tertiary/aromatic N) is 2. The molecule has 166 valence electrons. The third kappa shape index (κ3) is 4.29. The van der Waals surface area contributed by atoms with Crippen molar-refractivity contribution in [2.45, 2.75) is 37.2 Å². The second kappa shape index (κ2) is 7.87. The number of amides is 1. The topological polar surface area (TPSA) is 66.9 Å². The average Bonchev–Trinajstić information content (AvgIpc) is 3.04. The van der Waals surface area contributed by atoms with Crippen molar-refractivity contribution < 1.29 is 26.7 Å². The summed E-state index contributed by atoms with van der Waals surface area (Å²) in [6, 6.07) is 14.3. The molecule has 6 nitrogen and oxygen atoms in total. The summed E-state index contributed by atoms with van der Waals surface area (Å²) in [7, 11) is -3.58. The molecule has 1 spiro atoms. The summed E-state index contributed by atoms with van der Waals surface area (Å²) in [4.78, 5) is 15.1. The fraction of sp³-hybridized carbons (Fsp3) is 0.409. The standard InChI is InChI=1S/C22H24F2N2O4S/c1-21(23,24)30-18-9-7-17(8-10-18)26-16-13-22(20(26)27)11-14-25(15-12-22)31(28,29)19-5-3-2-4-6-19/h2-10H,11-16H2,1H3. The zero-order valence-corrected chi connectivity index (χ0v) is 17.9. The van der Waals surface area contributed by atoms with Crippen LogP contribution in [0.5, 0.6) is 5.75 Å². The minimum atomic E-state index is -3.58. The number of halogens is 2. The van der Waals surface area contributed by atoms with Crippen LogP contribution in [0.15, 0.2) is 59.5 Å². The Morgan fingerprint density at radius 3 is 2.10 bits per heavy atom. The largest absolute Gasteiger partial charge is 0.433 e. The first kappa shape index (κ1) is 21.7. The third-order valence-electron chi connectivity index (χ3n) is 6.02. The van der Waals surface area contributed by atoms with Crippen LogP contribution in [-0.4, -0.2) is 44.4 Å². The highest BCUT2D eigenvalue weighted by Gasteiger charge is 2.49. The molecule has 2 aromatic carbocycles. The molecule has 0 aromatic heterocycles. The average molecular weight is 451 g/mol. The van der Waals surface area contributed by atoms with Crippen molar-refractivity contribution in [3.63, 3.8) is 0 Å². The normalized spacial score (nSPS) is 19.7. The van der Waals surface area contributed by atoms with Gasteiger partial charge in [0.05, 0.1) is 10.3 Å². The molecule has 2 aliphatic heterocycles. The van der Waals surface area contributed by atoms with Crippen molar-refractivity contribution >= 4 is 21.6 Å². The van der Waals surface area contributed by atoms with E-state index in [2.05, 4.69) is 4.74 Å². The van der Waals surface area contributed by atoms with Crippen LogP contribution < -0.4 is 9.64 Å². The van der Waals surface area contributed by atoms with E-state index in [4.69, 9.17) is 0 Å². The predicted octanol–water partition coefficient (Wildman–Crippen LogP) is 3.89. The molecule has 2 heterocycles. The molecule has 2 aliphatic rings. The van der Waals surface area contributed by atoms with E-state index < -0.39 is 21.5 Å². The summed E-state index contributed by atoms with van der Waals surface area (Å²) in [5, 5.41) is 0. The number of benzene rings is 2. The van der Waals surface area contributed by atoms with Crippen LogP contribution in [-0.2, 0) is 14.8 Å². The van der Waals surface area contributed by atoms with Crippen molar-refractivity contribution in [2.75, 3.05) is 24.5 Å². The first-order valence-corrected chi connectivity index (χ1v) is 11.6. The monoisotopic (exact) mass is 450 g/mol. The number of carbonyl (C=O) groups excluding carboxylic acids is 1. The van der Waals surface area contributed by atoms with Gasteiger partial charge < -0.3 is 9.64 Å². The van der Waals surface area contributed by atoms with Crippen molar-refractivity contribution in [1.82, 2.24) is 4.31 Å². The van der Waals surface area contributed by atoms with Gasteiger partial charge in [0.2, 0.25) is 15.9 Å². The van der Waals surface area contributed by atoms with E-state index in [0.717, 1.165) is 0 Å². The summed E-state index contributed by atoms with van der Waals surface area (Å²) in [5.74, 6) is -0.0178. The van der Waals surface area contributed by atoms with Crippen LogP contribution in [0.1, 0.15) is 26.2 Å². The van der Waals surface area contributed by atoms with Crippen LogP contribution in [0.25, 0.3) is 0 Å². The number of anilines is 1. The molecule has 2 saturated heterocycles. The van der Waals surface area contributed by atoms with Crippen LogP contribution in [0, 0.1) is 5.41 Å². The molecule has 0 radical (unpaired) electrons. The number of rotatable bonds is 5. The van der Waals surface area contributed by atoms with Crippen molar-refractivity contribution in [1.29, 1.82) is 0 Å². The quantitative estimate of drug-likeness (QED) is 0.693. The lowest BCUT2D eigenvalue weighted by Crippen LogP contribution is -2.46. The number of ether oxygens (including phenoxy) is 1. The van der Waals surface area contributed by atoms with Gasteiger partial charge in [-0.1, -0.05) is 18.2 Å². The Hall–Kier alpha value is -2.52. The molecule has 0 atom stereocenters. The van der Waals surface area contributed by atoms with E-state index >= 15 is 0 Å². The van der Waals surface area contributed by atoms with Gasteiger partial charge in [0.1, 0.15) is 5.75 Å². The fourth-order valence-corrected chi connectivity index (χ4v) is 5.79. The molecule has 9 heteroatoms. The number of hydrogen-bond acceptors (Lipinski definition) is 4. The van der Waals surface area contributed by atoms with Gasteiger partial charge in [-0.3, -0.25) is 4.79 Å². The molecule has 0 aliphatic carbocycles. The smallest absolute Gasteiger partial charge is 0.394 e. The van der Waals surface area contributed by atoms with Gasteiger partial charge in [-0.25, -0.2) is 8.42 Å². The summed E-state index contributed by atoms with van der Waals surface area (Å²) < 4.78 is 57.7. The lowest BCUT2D eigenvalue weighted by molar-refractivity contribution is -0.158. The van der Waals surface area contributed by atoms with E-state index in [1.54, 1.807) is 47.4 Å². The SMILES string of the molecule is CC(F)(F)Oc1ccc(N2CCC3(CCN(S(=O)(=O)c4ccccc4)CC3)C2=O)cc1. The summed E-state index contributed by atoms with van der Waals surface area (Å²) in [6.45, 7) is 1.75. The molecule has 0 unspecified atom stereocenters. The molecule has 0 bridgehead atoms. The van der Waals surface area contributed by atoms with Crippen molar-refractivity contribution in [3.05, 3.63) is 54.6 Å². The number of carbonyl (C=O) groups is 1. The van der Waals surface area contributed by atoms with Gasteiger partial charge in [-0.05, 0) is 55.7 Å². The Morgan fingerprint density at radius 2 is 1.52 bits per heavy atom. The highest BCUT2D eigenvalue weighted by molar-refractivity contribution is 7.89. The van der Waals surface area contributed by atoms with Gasteiger partial charge in [0.25, 0.3) is 0 Å². The Balaban J connectivity index is 1.44. The summed E-state index contributed by atoms with van der Waals surface area (Å²) >= 11 is 0. The molecule has 4 rings (SSSR count). The van der Waals surface area contributed by atoms with Crippen LogP contribution >= 0.6 is 0 Å². The number of piperidine rings is 1. The van der Waals surface area contributed by atoms with Crippen LogP contribution in [0.2, 0.25) is 0 Å². The highest BCUT2D eigenvalue weighted by Crippen LogP contribution is 2.44. The second-order valence-electron chi connectivity index (χ2n) is 8.11. The zero-order valence-electron chi connectivity index (χ0n) is 17.1. The van der Waals surface area contributed by atoms with E-state index in [1.165, 1.54) is 16.4 Å². The number of sulfonamides is 1. The maximum absolute atomic E-state index is 13.2. The molecule has 2 fully saturated rings. The Morgan fingerprint density at radius 1 is 0.935 bits per heavy atom. The Labute approximate surface area is 180 Å². The van der Waals surface area contributed by atoms with Crippen LogP contribution in [0.4, 0.5) is 14.5 Å². The highest BCUT2D eigenvalue weighted by atomic mass is 32.2. The molecule has 0 N–H and O–H groups in total. The molecule has 1 amide bonds. The lowest BCUT2D eigenvalue weighted by atomic mass is 9.77. The second-order valence-corrected chi connectivity index (χ2v) is 10.0. The fourth-order valence-electron chi connectivity index (χ4n) is 4.33. The molecule has 2 aromatic rings. The van der Waals surface area contributed by atoms with Gasteiger partial charge in [0.15, 0.2) is 0 Å². The summed E-state index contributed by atoms with van der Waals surface area (Å²) in [5.41, 5.74) is 0.0295. The lowest BCUT2D eigenvalue weighted by Gasteiger charge is -2.37. The number of alkyl halides is 2. The van der Waals surface area contributed by atoms with E-state index in [1.807, 2.05) is 0 Å². The maximum Gasteiger partial charge on any atom is 0.394 e. The number of hydrogen-bond donors (Lipinski definition) is 0. The van der Waals surface area contributed by atoms with Gasteiger partial charge >= 0.3 is 6.11 Å². The minimum Gasteiger partial charge on any atom is -0.433 e. The molecule has 0 saturated carbocycles. The third-order valence-corrected chi connectivity index (χ3v) is 7.93. The molecular formula is C22H24F2N2O4S. The van der Waals surface area contributed by atoms with E-state index in [9.17, 15) is 22.0 Å². The Kier molecular flexibility index (Phi) is 5.51. The van der Waals surface area contributed by atoms with Gasteiger partial charge in [-0.2, -0.15) is 13.1 Å². The first-order chi connectivity index (χ1) is 14.6. The predicted molar refractivity (Wildman–Crippen MR) is 112 cm³/mol. The van der Waals surface area contributed by atoms with E-state index in [0.29, 0.717) is 38.4 Å². The van der Waals surface area contributed by atoms with Gasteiger partial charge in [-0.15, -0.1) is 0 Å². The zero-order chi connectivity index (χ0) is 22.3. The van der Waals surface area contributed by atoms with E-state index in [-0.39, 0.29) is 29.6 Å². The minimum absolute atomic E-state index is 0.0250. The maximum atomic E-state index is 13.2. The summed E-state index contributed by atoms with van der Waals surface area (Å²) in [6.07, 6.45) is -1.73. The van der Waals surface area contributed by atoms with Gasteiger partial charge in [0, 0.05) is 32.2 Å². The molecule has 31 heavy (non-hydrogen) atoms.